The second-order valence-electron chi connectivity index (χ2n) is 13.8. The minimum atomic E-state index is -0.224. The molecule has 8 heteroatoms. The molecule has 3 aromatic carbocycles. The van der Waals surface area contributed by atoms with Gasteiger partial charge >= 0.3 is 6.09 Å². The summed E-state index contributed by atoms with van der Waals surface area (Å²) in [6.07, 6.45) is 11.3. The van der Waals surface area contributed by atoms with Gasteiger partial charge in [-0.15, -0.1) is 0 Å². The van der Waals surface area contributed by atoms with E-state index in [1.165, 1.54) is 31.2 Å². The van der Waals surface area contributed by atoms with E-state index < -0.39 is 0 Å². The van der Waals surface area contributed by atoms with Gasteiger partial charge in [0, 0.05) is 38.3 Å². The van der Waals surface area contributed by atoms with E-state index in [0.29, 0.717) is 29.8 Å². The molecule has 3 unspecified atom stereocenters. The Balaban J connectivity index is 1.08. The highest BCUT2D eigenvalue weighted by molar-refractivity contribution is 7.80. The maximum atomic E-state index is 13.0. The van der Waals surface area contributed by atoms with E-state index in [-0.39, 0.29) is 17.6 Å². The van der Waals surface area contributed by atoms with Crippen molar-refractivity contribution >= 4 is 34.8 Å². The standard InChI is InChI=1S/C39H51N5O2S/c1-40-37(47)42-36-16-10-9-15-35(36)41-31-17-18-33-19-20-34(27-31)44(33)26-25-39(30-13-7-4-8-14-30)23-21-32(22-24-39)43(2)38(45)46-28-29-11-5-3-6-12-29/h3-16,31-34,41H,17-28H2,1-2H3,(H2,40,42,47). The maximum absolute atomic E-state index is 13.0. The number of para-hydroxylation sites is 2. The molecule has 3 N–H and O–H groups in total. The minimum absolute atomic E-state index is 0.131. The molecule has 2 bridgehead atoms. The number of hydrogen-bond donors (Lipinski definition) is 3. The van der Waals surface area contributed by atoms with Gasteiger partial charge in [0.2, 0.25) is 0 Å². The van der Waals surface area contributed by atoms with Crippen LogP contribution >= 0.6 is 12.2 Å². The minimum Gasteiger partial charge on any atom is -0.445 e. The topological polar surface area (TPSA) is 68.9 Å². The summed E-state index contributed by atoms with van der Waals surface area (Å²) in [7, 11) is 3.76. The lowest BCUT2D eigenvalue weighted by molar-refractivity contribution is 0.0723. The van der Waals surface area contributed by atoms with Crippen LogP contribution in [-0.2, 0) is 16.8 Å². The van der Waals surface area contributed by atoms with Gasteiger partial charge in [-0.1, -0.05) is 72.8 Å². The van der Waals surface area contributed by atoms with Crippen LogP contribution in [0.3, 0.4) is 0 Å². The number of carbonyl (C=O) groups excluding carboxylic acids is 1. The summed E-state index contributed by atoms with van der Waals surface area (Å²) in [5.41, 5.74) is 4.74. The quantitative estimate of drug-likeness (QED) is 0.192. The average molecular weight is 654 g/mol. The van der Waals surface area contributed by atoms with E-state index in [2.05, 4.69) is 69.4 Å². The fourth-order valence-corrected chi connectivity index (χ4v) is 8.48. The number of fused-ring (bicyclic) bond motifs is 2. The third kappa shape index (κ3) is 8.10. The molecule has 47 heavy (non-hydrogen) atoms. The number of hydrogen-bond acceptors (Lipinski definition) is 5. The van der Waals surface area contributed by atoms with Gasteiger partial charge < -0.3 is 25.6 Å². The average Bonchev–Trinajstić information content (AvgIpc) is 3.41. The Labute approximate surface area is 286 Å². The van der Waals surface area contributed by atoms with Crippen LogP contribution in [0.15, 0.2) is 84.9 Å². The first-order valence-electron chi connectivity index (χ1n) is 17.5. The zero-order valence-electron chi connectivity index (χ0n) is 28.0. The van der Waals surface area contributed by atoms with Crippen LogP contribution in [0.5, 0.6) is 0 Å². The summed E-state index contributed by atoms with van der Waals surface area (Å²) in [6.45, 7) is 1.44. The van der Waals surface area contributed by atoms with Gasteiger partial charge in [-0.05, 0) is 112 Å². The van der Waals surface area contributed by atoms with Crippen molar-refractivity contribution in [3.8, 4) is 0 Å². The molecule has 1 saturated carbocycles. The van der Waals surface area contributed by atoms with Crippen molar-refractivity contribution in [3.63, 3.8) is 0 Å². The number of benzene rings is 3. The molecule has 3 aliphatic rings. The summed E-state index contributed by atoms with van der Waals surface area (Å²) in [5.74, 6) is 0. The molecule has 0 radical (unpaired) electrons. The summed E-state index contributed by atoms with van der Waals surface area (Å²) < 4.78 is 5.69. The zero-order valence-corrected chi connectivity index (χ0v) is 28.8. The zero-order chi connectivity index (χ0) is 32.6. The van der Waals surface area contributed by atoms with Crippen LogP contribution in [0.4, 0.5) is 16.2 Å². The number of thiocarbonyl (C=S) groups is 1. The molecule has 7 nitrogen and oxygen atoms in total. The monoisotopic (exact) mass is 653 g/mol. The Hall–Kier alpha value is -3.62. The molecular weight excluding hydrogens is 603 g/mol. The van der Waals surface area contributed by atoms with Gasteiger partial charge in [-0.3, -0.25) is 4.90 Å². The van der Waals surface area contributed by atoms with Crippen LogP contribution in [0.25, 0.3) is 0 Å². The molecule has 3 fully saturated rings. The predicted molar refractivity (Wildman–Crippen MR) is 196 cm³/mol. The highest BCUT2D eigenvalue weighted by Crippen LogP contribution is 2.45. The van der Waals surface area contributed by atoms with Crippen molar-refractivity contribution < 1.29 is 9.53 Å². The van der Waals surface area contributed by atoms with E-state index in [4.69, 9.17) is 17.0 Å². The second-order valence-corrected chi connectivity index (χ2v) is 14.2. The highest BCUT2D eigenvalue weighted by Gasteiger charge is 2.42. The molecule has 1 aliphatic carbocycles. The second kappa shape index (κ2) is 15.5. The van der Waals surface area contributed by atoms with Crippen molar-refractivity contribution in [1.29, 1.82) is 0 Å². The third-order valence-corrected chi connectivity index (χ3v) is 11.4. The summed E-state index contributed by atoms with van der Waals surface area (Å²) in [6, 6.07) is 31.4. The smallest absolute Gasteiger partial charge is 0.410 e. The van der Waals surface area contributed by atoms with Gasteiger partial charge in [0.15, 0.2) is 5.11 Å². The maximum Gasteiger partial charge on any atom is 0.410 e. The van der Waals surface area contributed by atoms with E-state index in [9.17, 15) is 4.79 Å². The number of nitrogens with zero attached hydrogens (tertiary/aromatic N) is 2. The van der Waals surface area contributed by atoms with Crippen LogP contribution in [0.2, 0.25) is 0 Å². The number of anilines is 2. The summed E-state index contributed by atoms with van der Waals surface area (Å²) >= 11 is 5.39. The van der Waals surface area contributed by atoms with Gasteiger partial charge in [-0.2, -0.15) is 0 Å². The predicted octanol–water partition coefficient (Wildman–Crippen LogP) is 7.94. The number of ether oxygens (including phenoxy) is 1. The van der Waals surface area contributed by atoms with Crippen LogP contribution in [-0.4, -0.2) is 65.8 Å². The number of carbonyl (C=O) groups is 1. The lowest BCUT2D eigenvalue weighted by atomic mass is 9.66. The summed E-state index contributed by atoms with van der Waals surface area (Å²) in [4.78, 5) is 17.7. The first-order chi connectivity index (χ1) is 22.9. The normalized spacial score (nSPS) is 25.7. The lowest BCUT2D eigenvalue weighted by Gasteiger charge is -2.44. The van der Waals surface area contributed by atoms with Crippen LogP contribution in [0, 0.1) is 0 Å². The summed E-state index contributed by atoms with van der Waals surface area (Å²) in [5, 5.41) is 10.9. The molecule has 1 amide bonds. The van der Waals surface area contributed by atoms with Crippen molar-refractivity contribution in [2.24, 2.45) is 0 Å². The van der Waals surface area contributed by atoms with Crippen molar-refractivity contribution in [1.82, 2.24) is 15.1 Å². The number of rotatable bonds is 10. The molecule has 3 atom stereocenters. The first kappa shape index (κ1) is 33.3. The third-order valence-electron chi connectivity index (χ3n) is 11.1. The van der Waals surface area contributed by atoms with E-state index in [1.807, 2.05) is 55.4 Å². The van der Waals surface area contributed by atoms with E-state index in [1.54, 1.807) is 0 Å². The number of nitrogens with one attached hydrogen (secondary N) is 3. The largest absolute Gasteiger partial charge is 0.445 e. The van der Waals surface area contributed by atoms with Crippen molar-refractivity contribution in [2.45, 2.75) is 100 Å². The molecule has 2 heterocycles. The molecule has 3 aromatic rings. The molecule has 0 aromatic heterocycles. The van der Waals surface area contributed by atoms with Crippen molar-refractivity contribution in [2.75, 3.05) is 31.3 Å². The Bertz CT molecular complexity index is 1460. The Kier molecular flexibility index (Phi) is 11.0. The van der Waals surface area contributed by atoms with E-state index >= 15 is 0 Å². The van der Waals surface area contributed by atoms with Gasteiger partial charge in [-0.25, -0.2) is 4.79 Å². The van der Waals surface area contributed by atoms with Gasteiger partial charge in [0.25, 0.3) is 0 Å². The molecular formula is C39H51N5O2S. The van der Waals surface area contributed by atoms with Crippen molar-refractivity contribution in [3.05, 3.63) is 96.1 Å². The van der Waals surface area contributed by atoms with Gasteiger partial charge in [0.1, 0.15) is 6.61 Å². The number of amides is 1. The molecule has 2 saturated heterocycles. The fraction of sp³-hybridized carbons (Fsp3) is 0.487. The van der Waals surface area contributed by atoms with E-state index in [0.717, 1.165) is 62.0 Å². The fourth-order valence-electron chi connectivity index (χ4n) is 8.37. The van der Waals surface area contributed by atoms with Gasteiger partial charge in [0.05, 0.1) is 11.4 Å². The first-order valence-corrected chi connectivity index (χ1v) is 17.9. The van der Waals surface area contributed by atoms with Crippen LogP contribution < -0.4 is 16.0 Å². The Morgan fingerprint density at radius 1 is 0.872 bits per heavy atom. The molecule has 0 spiro atoms. The Morgan fingerprint density at radius 3 is 2.23 bits per heavy atom. The molecule has 250 valence electrons. The molecule has 6 rings (SSSR count). The SMILES string of the molecule is CNC(=S)Nc1ccccc1NC1CCC2CCC(C1)N2CCC1(c2ccccc2)CCC(N(C)C(=O)OCc2ccccc2)CC1. The Morgan fingerprint density at radius 2 is 1.51 bits per heavy atom. The highest BCUT2D eigenvalue weighted by atomic mass is 32.1. The lowest BCUT2D eigenvalue weighted by Crippen LogP contribution is -2.45. The molecule has 2 aliphatic heterocycles. The van der Waals surface area contributed by atoms with Crippen LogP contribution in [0.1, 0.15) is 75.3 Å².